The van der Waals surface area contributed by atoms with Crippen molar-refractivity contribution in [1.82, 2.24) is 4.98 Å². The lowest BCUT2D eigenvalue weighted by Gasteiger charge is -2.24. The van der Waals surface area contributed by atoms with E-state index in [1.165, 1.54) is 29.7 Å². The molecule has 1 aliphatic carbocycles. The van der Waals surface area contributed by atoms with Crippen molar-refractivity contribution < 1.29 is 0 Å². The van der Waals surface area contributed by atoms with E-state index in [0.29, 0.717) is 6.04 Å². The summed E-state index contributed by atoms with van der Waals surface area (Å²) >= 11 is 1.87. The number of benzene rings is 1. The zero-order chi connectivity index (χ0) is 14.2. The van der Waals surface area contributed by atoms with Crippen LogP contribution in [0.2, 0.25) is 0 Å². The van der Waals surface area contributed by atoms with E-state index in [-0.39, 0.29) is 0 Å². The SMILES string of the molecule is Nc1ccc2nc(NC3CCCc4sccc43)ccc2c1. The molecule has 0 saturated heterocycles. The molecule has 106 valence electrons. The van der Waals surface area contributed by atoms with E-state index >= 15 is 0 Å². The Balaban J connectivity index is 1.65. The summed E-state index contributed by atoms with van der Waals surface area (Å²) in [5, 5.41) is 6.87. The number of nitrogens with zero attached hydrogens (tertiary/aromatic N) is 1. The van der Waals surface area contributed by atoms with Crippen molar-refractivity contribution >= 4 is 33.7 Å². The zero-order valence-corrected chi connectivity index (χ0v) is 12.5. The minimum atomic E-state index is 0.388. The van der Waals surface area contributed by atoms with E-state index < -0.39 is 0 Å². The summed E-state index contributed by atoms with van der Waals surface area (Å²) in [5.41, 5.74) is 9.02. The quantitative estimate of drug-likeness (QED) is 0.690. The van der Waals surface area contributed by atoms with Gasteiger partial charge in [0.1, 0.15) is 5.82 Å². The summed E-state index contributed by atoms with van der Waals surface area (Å²) in [6.45, 7) is 0. The molecule has 4 heteroatoms. The lowest BCUT2D eigenvalue weighted by Crippen LogP contribution is -2.16. The summed E-state index contributed by atoms with van der Waals surface area (Å²) in [7, 11) is 0. The maximum absolute atomic E-state index is 5.81. The predicted molar refractivity (Wildman–Crippen MR) is 89.8 cm³/mol. The molecule has 4 rings (SSSR count). The number of aromatic nitrogens is 1. The van der Waals surface area contributed by atoms with Crippen LogP contribution in [0.1, 0.15) is 29.3 Å². The lowest BCUT2D eigenvalue weighted by atomic mass is 9.94. The maximum atomic E-state index is 5.81. The zero-order valence-electron chi connectivity index (χ0n) is 11.7. The van der Waals surface area contributed by atoms with Crippen molar-refractivity contribution in [2.24, 2.45) is 0 Å². The van der Waals surface area contributed by atoms with E-state index in [4.69, 9.17) is 10.7 Å². The first kappa shape index (κ1) is 12.7. The molecule has 1 unspecified atom stereocenters. The summed E-state index contributed by atoms with van der Waals surface area (Å²) < 4.78 is 0. The number of nitrogens with two attached hydrogens (primary N) is 1. The van der Waals surface area contributed by atoms with Crippen LogP contribution in [0.3, 0.4) is 0 Å². The van der Waals surface area contributed by atoms with Gasteiger partial charge in [0.15, 0.2) is 0 Å². The van der Waals surface area contributed by atoms with Gasteiger partial charge in [0.05, 0.1) is 11.6 Å². The van der Waals surface area contributed by atoms with Crippen LogP contribution in [0.4, 0.5) is 11.5 Å². The third-order valence-corrected chi connectivity index (χ3v) is 5.08. The van der Waals surface area contributed by atoms with E-state index in [2.05, 4.69) is 22.8 Å². The molecule has 1 atom stereocenters. The van der Waals surface area contributed by atoms with Crippen LogP contribution in [0.25, 0.3) is 10.9 Å². The van der Waals surface area contributed by atoms with Gasteiger partial charge in [0.25, 0.3) is 0 Å². The second-order valence-corrected chi connectivity index (χ2v) is 6.54. The Bertz CT molecular complexity index is 794. The summed E-state index contributed by atoms with van der Waals surface area (Å²) in [5.74, 6) is 0.941. The van der Waals surface area contributed by atoms with E-state index in [1.54, 1.807) is 0 Å². The molecule has 3 nitrogen and oxygen atoms in total. The highest BCUT2D eigenvalue weighted by Gasteiger charge is 2.21. The van der Waals surface area contributed by atoms with Crippen LogP contribution in [-0.2, 0) is 6.42 Å². The Labute approximate surface area is 127 Å². The Morgan fingerprint density at radius 1 is 1.19 bits per heavy atom. The predicted octanol–water partition coefficient (Wildman–Crippen LogP) is 4.37. The van der Waals surface area contributed by atoms with Gasteiger partial charge >= 0.3 is 0 Å². The number of aryl methyl sites for hydroxylation is 1. The van der Waals surface area contributed by atoms with Gasteiger partial charge in [-0.2, -0.15) is 0 Å². The topological polar surface area (TPSA) is 50.9 Å². The minimum Gasteiger partial charge on any atom is -0.399 e. The van der Waals surface area contributed by atoms with Crippen LogP contribution >= 0.6 is 11.3 Å². The van der Waals surface area contributed by atoms with Crippen molar-refractivity contribution in [3.8, 4) is 0 Å². The van der Waals surface area contributed by atoms with Gasteiger partial charge in [0.2, 0.25) is 0 Å². The Morgan fingerprint density at radius 2 is 2.14 bits per heavy atom. The molecule has 0 bridgehead atoms. The second kappa shape index (κ2) is 5.04. The van der Waals surface area contributed by atoms with Gasteiger partial charge in [-0.25, -0.2) is 4.98 Å². The van der Waals surface area contributed by atoms with Gasteiger partial charge in [-0.3, -0.25) is 0 Å². The normalized spacial score (nSPS) is 17.6. The molecular weight excluding hydrogens is 278 g/mol. The number of fused-ring (bicyclic) bond motifs is 2. The monoisotopic (exact) mass is 295 g/mol. The molecule has 21 heavy (non-hydrogen) atoms. The highest BCUT2D eigenvalue weighted by molar-refractivity contribution is 7.10. The van der Waals surface area contributed by atoms with Gasteiger partial charge in [-0.15, -0.1) is 11.3 Å². The number of hydrogen-bond acceptors (Lipinski definition) is 4. The van der Waals surface area contributed by atoms with Gasteiger partial charge in [-0.05, 0) is 66.6 Å². The Morgan fingerprint density at radius 3 is 3.10 bits per heavy atom. The largest absolute Gasteiger partial charge is 0.399 e. The minimum absolute atomic E-state index is 0.388. The molecule has 0 fully saturated rings. The highest BCUT2D eigenvalue weighted by Crippen LogP contribution is 2.35. The van der Waals surface area contributed by atoms with Gasteiger partial charge in [0, 0.05) is 16.0 Å². The molecule has 3 N–H and O–H groups in total. The molecule has 1 aliphatic rings. The molecule has 0 radical (unpaired) electrons. The van der Waals surface area contributed by atoms with Crippen molar-refractivity contribution in [3.05, 3.63) is 52.2 Å². The van der Waals surface area contributed by atoms with Crippen LogP contribution in [0.5, 0.6) is 0 Å². The Kier molecular flexibility index (Phi) is 3.04. The molecule has 2 heterocycles. The Hall–Kier alpha value is -2.07. The summed E-state index contributed by atoms with van der Waals surface area (Å²) in [4.78, 5) is 6.23. The molecule has 0 spiro atoms. The van der Waals surface area contributed by atoms with Crippen molar-refractivity contribution in [3.63, 3.8) is 0 Å². The third-order valence-electron chi connectivity index (χ3n) is 4.09. The summed E-state index contributed by atoms with van der Waals surface area (Å²) in [6, 6.07) is 12.6. The standard InChI is InChI=1S/C17H17N3S/c18-12-5-6-14-11(10-12)4-7-17(19-14)20-15-2-1-3-16-13(15)8-9-21-16/h4-10,15H,1-3,18H2,(H,19,20). The lowest BCUT2D eigenvalue weighted by molar-refractivity contribution is 0.607. The van der Waals surface area contributed by atoms with Crippen LogP contribution in [0.15, 0.2) is 41.8 Å². The smallest absolute Gasteiger partial charge is 0.127 e. The molecular formula is C17H17N3S. The number of pyridine rings is 1. The molecule has 0 saturated carbocycles. The fourth-order valence-electron chi connectivity index (χ4n) is 3.04. The van der Waals surface area contributed by atoms with Crippen molar-refractivity contribution in [1.29, 1.82) is 0 Å². The average Bonchev–Trinajstić information content (AvgIpc) is 2.97. The van der Waals surface area contributed by atoms with E-state index in [0.717, 1.165) is 22.4 Å². The fraction of sp³-hybridized carbons (Fsp3) is 0.235. The number of rotatable bonds is 2. The molecule has 1 aromatic carbocycles. The maximum Gasteiger partial charge on any atom is 0.127 e. The fourth-order valence-corrected chi connectivity index (χ4v) is 4.03. The number of anilines is 2. The second-order valence-electron chi connectivity index (χ2n) is 5.54. The first-order chi connectivity index (χ1) is 10.3. The summed E-state index contributed by atoms with van der Waals surface area (Å²) in [6.07, 6.45) is 3.64. The number of nitrogen functional groups attached to an aromatic ring is 1. The number of hydrogen-bond donors (Lipinski definition) is 2. The van der Waals surface area contributed by atoms with E-state index in [1.807, 2.05) is 35.6 Å². The molecule has 0 amide bonds. The first-order valence-electron chi connectivity index (χ1n) is 7.29. The first-order valence-corrected chi connectivity index (χ1v) is 8.17. The molecule has 0 aliphatic heterocycles. The van der Waals surface area contributed by atoms with Crippen LogP contribution < -0.4 is 11.1 Å². The molecule has 3 aromatic rings. The number of thiophene rings is 1. The van der Waals surface area contributed by atoms with Gasteiger partial charge in [-0.1, -0.05) is 0 Å². The third kappa shape index (κ3) is 2.36. The highest BCUT2D eigenvalue weighted by atomic mass is 32.1. The molecule has 2 aromatic heterocycles. The van der Waals surface area contributed by atoms with E-state index in [9.17, 15) is 0 Å². The van der Waals surface area contributed by atoms with Crippen molar-refractivity contribution in [2.75, 3.05) is 11.1 Å². The number of nitrogens with one attached hydrogen (secondary N) is 1. The van der Waals surface area contributed by atoms with Crippen LogP contribution in [0, 0.1) is 0 Å². The average molecular weight is 295 g/mol. The van der Waals surface area contributed by atoms with Crippen molar-refractivity contribution in [2.45, 2.75) is 25.3 Å². The van der Waals surface area contributed by atoms with Crippen LogP contribution in [-0.4, -0.2) is 4.98 Å². The van der Waals surface area contributed by atoms with Gasteiger partial charge < -0.3 is 11.1 Å².